The largest absolute Gasteiger partial charge is 0.242 e. The van der Waals surface area contributed by atoms with E-state index in [9.17, 15) is 0 Å². The highest BCUT2D eigenvalue weighted by molar-refractivity contribution is 7.13. The number of aryl methyl sites for hydroxylation is 1. The maximum Gasteiger partial charge on any atom is 0.142 e. The molecule has 0 aromatic carbocycles. The lowest BCUT2D eigenvalue weighted by Gasteiger charge is -1.95. The van der Waals surface area contributed by atoms with Crippen LogP contribution >= 0.6 is 22.9 Å². The Morgan fingerprint density at radius 1 is 1.43 bits per heavy atom. The Bertz CT molecular complexity index is 441. The van der Waals surface area contributed by atoms with Gasteiger partial charge < -0.3 is 0 Å². The first-order valence-corrected chi connectivity index (χ1v) is 5.51. The third-order valence-electron chi connectivity index (χ3n) is 1.68. The van der Waals surface area contributed by atoms with E-state index in [1.54, 1.807) is 17.5 Å². The molecular weight excluding hydrogens is 218 g/mol. The molecule has 14 heavy (non-hydrogen) atoms. The molecule has 0 bridgehead atoms. The zero-order chi connectivity index (χ0) is 9.97. The molecule has 2 rings (SSSR count). The quantitative estimate of drug-likeness (QED) is 0.738. The van der Waals surface area contributed by atoms with Crippen LogP contribution in [0.1, 0.15) is 11.5 Å². The van der Waals surface area contributed by atoms with Gasteiger partial charge in [0, 0.05) is 11.6 Å². The summed E-state index contributed by atoms with van der Waals surface area (Å²) in [6, 6.07) is 1.85. The van der Waals surface area contributed by atoms with Gasteiger partial charge in [0.25, 0.3) is 0 Å². The van der Waals surface area contributed by atoms with Crippen LogP contribution in [0.3, 0.4) is 0 Å². The highest BCUT2D eigenvalue weighted by atomic mass is 35.5. The van der Waals surface area contributed by atoms with Crippen molar-refractivity contribution in [3.63, 3.8) is 0 Å². The highest BCUT2D eigenvalue weighted by Crippen LogP contribution is 2.21. The standard InChI is InChI=1S/C9H8ClN3S/c1-6-11-3-2-8(12-6)9-13-7(4-10)5-14-9/h2-3,5H,4H2,1H3. The van der Waals surface area contributed by atoms with E-state index in [1.807, 2.05) is 18.4 Å². The fourth-order valence-electron chi connectivity index (χ4n) is 1.06. The summed E-state index contributed by atoms with van der Waals surface area (Å²) in [6.07, 6.45) is 1.74. The molecule has 0 aliphatic carbocycles. The van der Waals surface area contributed by atoms with Gasteiger partial charge in [-0.1, -0.05) is 0 Å². The number of nitrogens with zero attached hydrogens (tertiary/aromatic N) is 3. The average Bonchev–Trinajstić information content (AvgIpc) is 2.66. The van der Waals surface area contributed by atoms with Crippen LogP contribution in [0, 0.1) is 6.92 Å². The van der Waals surface area contributed by atoms with Crippen LogP contribution in [0.5, 0.6) is 0 Å². The van der Waals surface area contributed by atoms with E-state index in [0.717, 1.165) is 22.2 Å². The van der Waals surface area contributed by atoms with E-state index in [1.165, 1.54) is 0 Å². The maximum absolute atomic E-state index is 5.67. The van der Waals surface area contributed by atoms with E-state index in [0.29, 0.717) is 5.88 Å². The first-order chi connectivity index (χ1) is 6.79. The van der Waals surface area contributed by atoms with Gasteiger partial charge >= 0.3 is 0 Å². The van der Waals surface area contributed by atoms with Gasteiger partial charge in [0.1, 0.15) is 16.5 Å². The van der Waals surface area contributed by atoms with Gasteiger partial charge in [0.2, 0.25) is 0 Å². The molecule has 0 amide bonds. The van der Waals surface area contributed by atoms with E-state index in [2.05, 4.69) is 15.0 Å². The number of halogens is 1. The minimum atomic E-state index is 0.445. The molecule has 2 aromatic rings. The van der Waals surface area contributed by atoms with Crippen molar-refractivity contribution in [3.05, 3.63) is 29.2 Å². The van der Waals surface area contributed by atoms with Crippen molar-refractivity contribution < 1.29 is 0 Å². The Balaban J connectivity index is 2.39. The summed E-state index contributed by atoms with van der Waals surface area (Å²) in [5.74, 6) is 1.20. The molecule has 0 saturated heterocycles. The smallest absolute Gasteiger partial charge is 0.142 e. The molecule has 0 spiro atoms. The highest BCUT2D eigenvalue weighted by Gasteiger charge is 2.05. The van der Waals surface area contributed by atoms with Crippen molar-refractivity contribution in [2.75, 3.05) is 0 Å². The van der Waals surface area contributed by atoms with E-state index in [-0.39, 0.29) is 0 Å². The van der Waals surface area contributed by atoms with Gasteiger partial charge in [0.05, 0.1) is 11.6 Å². The van der Waals surface area contributed by atoms with Crippen LogP contribution < -0.4 is 0 Å². The zero-order valence-electron chi connectivity index (χ0n) is 7.57. The summed E-state index contributed by atoms with van der Waals surface area (Å²) in [6.45, 7) is 1.86. The summed E-state index contributed by atoms with van der Waals surface area (Å²) < 4.78 is 0. The molecule has 0 unspecified atom stereocenters. The van der Waals surface area contributed by atoms with E-state index < -0.39 is 0 Å². The van der Waals surface area contributed by atoms with Crippen molar-refractivity contribution in [2.24, 2.45) is 0 Å². The van der Waals surface area contributed by atoms with E-state index >= 15 is 0 Å². The summed E-state index contributed by atoms with van der Waals surface area (Å²) in [7, 11) is 0. The van der Waals surface area contributed by atoms with Crippen LogP contribution in [0.4, 0.5) is 0 Å². The number of aromatic nitrogens is 3. The summed E-state index contributed by atoms with van der Waals surface area (Å²) >= 11 is 7.22. The Kier molecular flexibility index (Phi) is 2.74. The van der Waals surface area contributed by atoms with Gasteiger partial charge in [-0.2, -0.15) is 0 Å². The van der Waals surface area contributed by atoms with Crippen LogP contribution in [-0.2, 0) is 5.88 Å². The van der Waals surface area contributed by atoms with Crippen LogP contribution in [0.15, 0.2) is 17.6 Å². The summed E-state index contributed by atoms with van der Waals surface area (Å²) in [5.41, 5.74) is 1.75. The molecule has 2 aromatic heterocycles. The number of thiazole rings is 1. The number of alkyl halides is 1. The van der Waals surface area contributed by atoms with Gasteiger partial charge in [-0.3, -0.25) is 0 Å². The minimum absolute atomic E-state index is 0.445. The second kappa shape index (κ2) is 4.02. The minimum Gasteiger partial charge on any atom is -0.242 e. The van der Waals surface area contributed by atoms with Crippen LogP contribution in [0.25, 0.3) is 10.7 Å². The molecular formula is C9H8ClN3S. The Hall–Kier alpha value is -1.00. The molecule has 2 heterocycles. The Labute approximate surface area is 90.8 Å². The summed E-state index contributed by atoms with van der Waals surface area (Å²) in [5, 5.41) is 2.84. The second-order valence-electron chi connectivity index (χ2n) is 2.77. The first kappa shape index (κ1) is 9.55. The second-order valence-corrected chi connectivity index (χ2v) is 3.89. The third kappa shape index (κ3) is 1.91. The van der Waals surface area contributed by atoms with Gasteiger partial charge in [-0.25, -0.2) is 15.0 Å². The maximum atomic E-state index is 5.67. The van der Waals surface area contributed by atoms with Gasteiger partial charge in [-0.05, 0) is 13.0 Å². The molecule has 72 valence electrons. The van der Waals surface area contributed by atoms with Crippen molar-refractivity contribution >= 4 is 22.9 Å². The lowest BCUT2D eigenvalue weighted by molar-refractivity contribution is 1.05. The lowest BCUT2D eigenvalue weighted by atomic mass is 10.4. The molecule has 0 aliphatic rings. The molecule has 3 nitrogen and oxygen atoms in total. The topological polar surface area (TPSA) is 38.7 Å². The predicted molar refractivity (Wildman–Crippen MR) is 57.4 cm³/mol. The van der Waals surface area contributed by atoms with Crippen molar-refractivity contribution in [2.45, 2.75) is 12.8 Å². The van der Waals surface area contributed by atoms with Crippen LogP contribution in [0.2, 0.25) is 0 Å². The zero-order valence-corrected chi connectivity index (χ0v) is 9.14. The fraction of sp³-hybridized carbons (Fsp3) is 0.222. The molecule has 0 N–H and O–H groups in total. The first-order valence-electron chi connectivity index (χ1n) is 4.10. The van der Waals surface area contributed by atoms with Crippen molar-refractivity contribution in [1.29, 1.82) is 0 Å². The van der Waals surface area contributed by atoms with Crippen LogP contribution in [-0.4, -0.2) is 15.0 Å². The normalized spacial score (nSPS) is 10.4. The predicted octanol–water partition coefficient (Wildman–Crippen LogP) is 2.65. The molecule has 0 saturated carbocycles. The number of hydrogen-bond donors (Lipinski definition) is 0. The molecule has 0 atom stereocenters. The van der Waals surface area contributed by atoms with Gasteiger partial charge in [-0.15, -0.1) is 22.9 Å². The Morgan fingerprint density at radius 2 is 2.29 bits per heavy atom. The molecule has 0 radical (unpaired) electrons. The molecule has 0 fully saturated rings. The SMILES string of the molecule is Cc1nccc(-c2nc(CCl)cs2)n1. The molecule has 0 aliphatic heterocycles. The number of rotatable bonds is 2. The average molecular weight is 226 g/mol. The molecule has 5 heteroatoms. The van der Waals surface area contributed by atoms with Crippen molar-refractivity contribution in [3.8, 4) is 10.7 Å². The summed E-state index contributed by atoms with van der Waals surface area (Å²) in [4.78, 5) is 12.7. The lowest BCUT2D eigenvalue weighted by Crippen LogP contribution is -1.89. The van der Waals surface area contributed by atoms with Crippen molar-refractivity contribution in [1.82, 2.24) is 15.0 Å². The van der Waals surface area contributed by atoms with E-state index in [4.69, 9.17) is 11.6 Å². The number of hydrogen-bond acceptors (Lipinski definition) is 4. The fourth-order valence-corrected chi connectivity index (χ4v) is 2.08. The van der Waals surface area contributed by atoms with Gasteiger partial charge in [0.15, 0.2) is 0 Å². The Morgan fingerprint density at radius 3 is 2.93 bits per heavy atom. The third-order valence-corrected chi connectivity index (χ3v) is 2.87. The monoisotopic (exact) mass is 225 g/mol.